The summed E-state index contributed by atoms with van der Waals surface area (Å²) in [5, 5.41) is 0. The van der Waals surface area contributed by atoms with E-state index in [4.69, 9.17) is 0 Å². The van der Waals surface area contributed by atoms with Crippen LogP contribution in [-0.4, -0.2) is 34.2 Å². The fourth-order valence-corrected chi connectivity index (χ4v) is 1.92. The van der Waals surface area contributed by atoms with Gasteiger partial charge in [0.1, 0.15) is 0 Å². The first-order valence-electron chi connectivity index (χ1n) is 4.34. The molecule has 0 aromatic carbocycles. The second kappa shape index (κ2) is 6.06. The van der Waals surface area contributed by atoms with Gasteiger partial charge in [0.25, 0.3) is 0 Å². The zero-order chi connectivity index (χ0) is 11.2. The number of esters is 1. The zero-order valence-electron chi connectivity index (χ0n) is 8.22. The van der Waals surface area contributed by atoms with Crippen molar-refractivity contribution >= 4 is 16.8 Å². The van der Waals surface area contributed by atoms with Gasteiger partial charge in [-0.2, -0.15) is 8.78 Å². The van der Waals surface area contributed by atoms with Gasteiger partial charge < -0.3 is 4.74 Å². The third-order valence-electron chi connectivity index (χ3n) is 1.35. The number of ether oxygens (including phenoxy) is 1. The molecule has 3 nitrogen and oxygen atoms in total. The zero-order valence-corrected chi connectivity index (χ0v) is 9.03. The summed E-state index contributed by atoms with van der Waals surface area (Å²) < 4.78 is 41.0. The molecular weight excluding hydrogens is 214 g/mol. The number of alkyl halides is 2. The SMILES string of the molecule is CCCS(=O)CC(F)(F)C(=O)OCC. The Hall–Kier alpha value is -0.520. The highest BCUT2D eigenvalue weighted by molar-refractivity contribution is 7.85. The Morgan fingerprint density at radius 2 is 2.00 bits per heavy atom. The molecule has 0 aromatic rings. The van der Waals surface area contributed by atoms with E-state index in [0.717, 1.165) is 0 Å². The van der Waals surface area contributed by atoms with E-state index in [0.29, 0.717) is 6.42 Å². The van der Waals surface area contributed by atoms with Gasteiger partial charge in [-0.1, -0.05) is 6.92 Å². The summed E-state index contributed by atoms with van der Waals surface area (Å²) in [6.07, 6.45) is 0.547. The van der Waals surface area contributed by atoms with Crippen molar-refractivity contribution in [3.8, 4) is 0 Å². The van der Waals surface area contributed by atoms with E-state index >= 15 is 0 Å². The molecule has 0 aliphatic heterocycles. The predicted molar refractivity (Wildman–Crippen MR) is 49.7 cm³/mol. The van der Waals surface area contributed by atoms with Crippen LogP contribution in [0.5, 0.6) is 0 Å². The largest absolute Gasteiger partial charge is 0.462 e. The van der Waals surface area contributed by atoms with E-state index in [1.807, 2.05) is 0 Å². The minimum atomic E-state index is -3.63. The molecule has 0 radical (unpaired) electrons. The van der Waals surface area contributed by atoms with Crippen LogP contribution in [0.4, 0.5) is 8.78 Å². The lowest BCUT2D eigenvalue weighted by molar-refractivity contribution is -0.168. The van der Waals surface area contributed by atoms with Crippen molar-refractivity contribution in [3.05, 3.63) is 0 Å². The summed E-state index contributed by atoms with van der Waals surface area (Å²) >= 11 is 0. The number of halogens is 2. The first-order chi connectivity index (χ1) is 6.44. The van der Waals surface area contributed by atoms with Gasteiger partial charge >= 0.3 is 11.9 Å². The molecule has 0 aliphatic carbocycles. The van der Waals surface area contributed by atoms with Crippen molar-refractivity contribution in [1.82, 2.24) is 0 Å². The highest BCUT2D eigenvalue weighted by atomic mass is 32.2. The Morgan fingerprint density at radius 1 is 1.43 bits per heavy atom. The highest BCUT2D eigenvalue weighted by Gasteiger charge is 2.42. The third-order valence-corrected chi connectivity index (χ3v) is 2.90. The normalized spacial score (nSPS) is 13.7. The molecule has 0 rings (SSSR count). The van der Waals surface area contributed by atoms with Crippen LogP contribution >= 0.6 is 0 Å². The van der Waals surface area contributed by atoms with Crippen LogP contribution < -0.4 is 0 Å². The number of rotatable bonds is 6. The highest BCUT2D eigenvalue weighted by Crippen LogP contribution is 2.17. The van der Waals surface area contributed by atoms with Crippen LogP contribution in [0.1, 0.15) is 20.3 Å². The molecular formula is C8H14F2O3S. The third kappa shape index (κ3) is 4.64. The van der Waals surface area contributed by atoms with Crippen molar-refractivity contribution in [1.29, 1.82) is 0 Å². The molecule has 14 heavy (non-hydrogen) atoms. The van der Waals surface area contributed by atoms with Crippen LogP contribution in [0, 0.1) is 0 Å². The van der Waals surface area contributed by atoms with E-state index in [-0.39, 0.29) is 12.4 Å². The Bertz CT molecular complexity index is 219. The van der Waals surface area contributed by atoms with Crippen LogP contribution in [0.3, 0.4) is 0 Å². The monoisotopic (exact) mass is 228 g/mol. The minimum Gasteiger partial charge on any atom is -0.462 e. The summed E-state index contributed by atoms with van der Waals surface area (Å²) in [6, 6.07) is 0. The Morgan fingerprint density at radius 3 is 2.43 bits per heavy atom. The summed E-state index contributed by atoms with van der Waals surface area (Å²) in [5.41, 5.74) is 0. The topological polar surface area (TPSA) is 43.4 Å². The summed E-state index contributed by atoms with van der Waals surface area (Å²) in [5.74, 6) is -5.99. The van der Waals surface area contributed by atoms with E-state index in [9.17, 15) is 17.8 Å². The van der Waals surface area contributed by atoms with Crippen molar-refractivity contribution in [2.45, 2.75) is 26.2 Å². The number of carbonyl (C=O) groups is 1. The van der Waals surface area contributed by atoms with Crippen molar-refractivity contribution < 1.29 is 22.5 Å². The van der Waals surface area contributed by atoms with Gasteiger partial charge in [-0.15, -0.1) is 0 Å². The molecule has 0 N–H and O–H groups in total. The molecule has 0 saturated carbocycles. The van der Waals surface area contributed by atoms with Crippen molar-refractivity contribution in [2.75, 3.05) is 18.1 Å². The Balaban J connectivity index is 4.18. The predicted octanol–water partition coefficient (Wildman–Crippen LogP) is 1.34. The van der Waals surface area contributed by atoms with Gasteiger partial charge in [0.2, 0.25) is 0 Å². The molecule has 0 heterocycles. The molecule has 0 aliphatic rings. The number of carbonyl (C=O) groups excluding carboxylic acids is 1. The molecule has 0 aromatic heterocycles. The lowest BCUT2D eigenvalue weighted by Crippen LogP contribution is -2.36. The van der Waals surface area contributed by atoms with Gasteiger partial charge in [-0.3, -0.25) is 4.21 Å². The van der Waals surface area contributed by atoms with Crippen LogP contribution in [0.15, 0.2) is 0 Å². The average molecular weight is 228 g/mol. The molecule has 1 atom stereocenters. The van der Waals surface area contributed by atoms with Gasteiger partial charge in [0.05, 0.1) is 12.4 Å². The van der Waals surface area contributed by atoms with E-state index in [1.54, 1.807) is 6.92 Å². The fraction of sp³-hybridized carbons (Fsp3) is 0.875. The van der Waals surface area contributed by atoms with Gasteiger partial charge in [-0.05, 0) is 13.3 Å². The molecule has 0 spiro atoms. The van der Waals surface area contributed by atoms with Crippen molar-refractivity contribution in [2.24, 2.45) is 0 Å². The fourth-order valence-electron chi connectivity index (χ4n) is 0.798. The maximum absolute atomic E-state index is 12.9. The second-order valence-corrected chi connectivity index (χ2v) is 4.29. The summed E-state index contributed by atoms with van der Waals surface area (Å²) in [7, 11) is -1.66. The average Bonchev–Trinajstić information content (AvgIpc) is 2.03. The molecule has 84 valence electrons. The lowest BCUT2D eigenvalue weighted by atomic mass is 10.4. The molecule has 0 fully saturated rings. The summed E-state index contributed by atoms with van der Waals surface area (Å²) in [4.78, 5) is 10.7. The number of hydrogen-bond donors (Lipinski definition) is 0. The standard InChI is InChI=1S/C8H14F2O3S/c1-3-5-14(12)6-8(9,10)7(11)13-4-2/h3-6H2,1-2H3. The van der Waals surface area contributed by atoms with Crippen molar-refractivity contribution in [3.63, 3.8) is 0 Å². The van der Waals surface area contributed by atoms with Gasteiger partial charge in [0.15, 0.2) is 0 Å². The Kier molecular flexibility index (Phi) is 5.83. The van der Waals surface area contributed by atoms with Gasteiger partial charge in [-0.25, -0.2) is 4.79 Å². The smallest absolute Gasteiger partial charge is 0.377 e. The quantitative estimate of drug-likeness (QED) is 0.644. The van der Waals surface area contributed by atoms with E-state index in [2.05, 4.69) is 4.74 Å². The maximum atomic E-state index is 12.9. The Labute approximate surface area is 84.3 Å². The molecule has 6 heteroatoms. The van der Waals surface area contributed by atoms with E-state index in [1.165, 1.54) is 6.92 Å². The second-order valence-electron chi connectivity index (χ2n) is 2.71. The van der Waals surface area contributed by atoms with E-state index < -0.39 is 28.4 Å². The number of hydrogen-bond acceptors (Lipinski definition) is 3. The van der Waals surface area contributed by atoms with Crippen LogP contribution in [-0.2, 0) is 20.3 Å². The lowest BCUT2D eigenvalue weighted by Gasteiger charge is -2.13. The molecule has 0 amide bonds. The molecule has 0 bridgehead atoms. The van der Waals surface area contributed by atoms with Crippen LogP contribution in [0.2, 0.25) is 0 Å². The minimum absolute atomic E-state index is 0.102. The molecule has 0 saturated heterocycles. The molecule has 1 unspecified atom stereocenters. The van der Waals surface area contributed by atoms with Crippen LogP contribution in [0.25, 0.3) is 0 Å². The van der Waals surface area contributed by atoms with Gasteiger partial charge in [0, 0.05) is 16.6 Å². The summed E-state index contributed by atoms with van der Waals surface area (Å²) in [6.45, 7) is 3.08. The maximum Gasteiger partial charge on any atom is 0.377 e. The first kappa shape index (κ1) is 13.5. The first-order valence-corrected chi connectivity index (χ1v) is 5.82.